The molecule has 2 rings (SSSR count). The number of rotatable bonds is 2. The van der Waals surface area contributed by atoms with Crippen molar-refractivity contribution in [3.05, 3.63) is 68.7 Å². The summed E-state index contributed by atoms with van der Waals surface area (Å²) in [5, 5.41) is 0. The van der Waals surface area contributed by atoms with Gasteiger partial charge in [-0.2, -0.15) is 0 Å². The molecule has 0 amide bonds. The number of halogens is 1. The molecule has 0 saturated carbocycles. The molecule has 0 radical (unpaired) electrons. The lowest BCUT2D eigenvalue weighted by atomic mass is 9.97. The molecule has 0 unspecified atom stereocenters. The van der Waals surface area contributed by atoms with Gasteiger partial charge in [-0.15, -0.1) is 0 Å². The third-order valence-electron chi connectivity index (χ3n) is 2.92. The highest BCUT2D eigenvalue weighted by Gasteiger charge is 2.12. The van der Waals surface area contributed by atoms with Crippen molar-refractivity contribution in [1.29, 1.82) is 0 Å². The van der Waals surface area contributed by atoms with Crippen LogP contribution in [0.15, 0.2) is 40.9 Å². The van der Waals surface area contributed by atoms with Crippen LogP contribution in [0.3, 0.4) is 0 Å². The molecular formula is C16H15BrO. The number of ketones is 1. The molecule has 1 nitrogen and oxygen atoms in total. The smallest absolute Gasteiger partial charge is 0.193 e. The Labute approximate surface area is 116 Å². The van der Waals surface area contributed by atoms with Gasteiger partial charge in [0.05, 0.1) is 0 Å². The first-order valence-electron chi connectivity index (χ1n) is 5.86. The van der Waals surface area contributed by atoms with Crippen molar-refractivity contribution in [1.82, 2.24) is 0 Å². The predicted octanol–water partition coefficient (Wildman–Crippen LogP) is 4.61. The lowest BCUT2D eigenvalue weighted by Gasteiger charge is -2.07. The van der Waals surface area contributed by atoms with Gasteiger partial charge in [0.1, 0.15) is 0 Å². The molecule has 0 fully saturated rings. The molecule has 0 atom stereocenters. The average Bonchev–Trinajstić information content (AvgIpc) is 2.26. The number of hydrogen-bond donors (Lipinski definition) is 0. The van der Waals surface area contributed by atoms with E-state index >= 15 is 0 Å². The lowest BCUT2D eigenvalue weighted by molar-refractivity contribution is 0.103. The highest BCUT2D eigenvalue weighted by Crippen LogP contribution is 2.20. The van der Waals surface area contributed by atoms with Crippen LogP contribution in [0, 0.1) is 20.8 Å². The highest BCUT2D eigenvalue weighted by atomic mass is 79.9. The van der Waals surface area contributed by atoms with Gasteiger partial charge in [0, 0.05) is 15.6 Å². The minimum atomic E-state index is 0.0896. The maximum atomic E-state index is 12.5. The summed E-state index contributed by atoms with van der Waals surface area (Å²) >= 11 is 3.41. The van der Waals surface area contributed by atoms with E-state index in [4.69, 9.17) is 0 Å². The van der Waals surface area contributed by atoms with Crippen molar-refractivity contribution >= 4 is 21.7 Å². The van der Waals surface area contributed by atoms with Crippen LogP contribution in [-0.4, -0.2) is 5.78 Å². The van der Waals surface area contributed by atoms with Gasteiger partial charge in [-0.05, 0) is 56.7 Å². The molecule has 2 aromatic rings. The second kappa shape index (κ2) is 5.07. The predicted molar refractivity (Wildman–Crippen MR) is 78.2 cm³/mol. The van der Waals surface area contributed by atoms with E-state index in [1.54, 1.807) is 0 Å². The highest BCUT2D eigenvalue weighted by molar-refractivity contribution is 9.10. The zero-order chi connectivity index (χ0) is 13.3. The molecule has 0 saturated heterocycles. The third-order valence-corrected chi connectivity index (χ3v) is 3.41. The molecule has 0 N–H and O–H groups in total. The van der Waals surface area contributed by atoms with Crippen LogP contribution in [0.25, 0.3) is 0 Å². The number of benzene rings is 2. The number of aryl methyl sites for hydroxylation is 3. The molecule has 0 heterocycles. The second-order valence-corrected chi connectivity index (χ2v) is 5.58. The van der Waals surface area contributed by atoms with Crippen molar-refractivity contribution in [2.45, 2.75) is 20.8 Å². The van der Waals surface area contributed by atoms with Crippen molar-refractivity contribution in [3.8, 4) is 0 Å². The Kier molecular flexibility index (Phi) is 3.67. The minimum Gasteiger partial charge on any atom is -0.289 e. The zero-order valence-corrected chi connectivity index (χ0v) is 12.3. The molecule has 92 valence electrons. The number of carbonyl (C=O) groups is 1. The first-order valence-corrected chi connectivity index (χ1v) is 6.66. The fraction of sp³-hybridized carbons (Fsp3) is 0.188. The Balaban J connectivity index is 2.47. The van der Waals surface area contributed by atoms with Crippen molar-refractivity contribution < 1.29 is 4.79 Å². The van der Waals surface area contributed by atoms with Crippen LogP contribution in [0.1, 0.15) is 32.6 Å². The Hall–Kier alpha value is -1.41. The molecule has 0 aliphatic heterocycles. The van der Waals surface area contributed by atoms with Gasteiger partial charge < -0.3 is 0 Å². The van der Waals surface area contributed by atoms with E-state index < -0.39 is 0 Å². The largest absolute Gasteiger partial charge is 0.289 e. The first-order chi connectivity index (χ1) is 8.47. The van der Waals surface area contributed by atoms with Gasteiger partial charge in [0.15, 0.2) is 5.78 Å². The van der Waals surface area contributed by atoms with Gasteiger partial charge in [0.25, 0.3) is 0 Å². The van der Waals surface area contributed by atoms with Gasteiger partial charge >= 0.3 is 0 Å². The fourth-order valence-corrected chi connectivity index (χ4v) is 2.62. The summed E-state index contributed by atoms with van der Waals surface area (Å²) in [5.41, 5.74) is 4.76. The second-order valence-electron chi connectivity index (χ2n) is 4.66. The summed E-state index contributed by atoms with van der Waals surface area (Å²) in [7, 11) is 0. The topological polar surface area (TPSA) is 17.1 Å². The first kappa shape index (κ1) is 13.0. The van der Waals surface area contributed by atoms with Crippen LogP contribution in [-0.2, 0) is 0 Å². The lowest BCUT2D eigenvalue weighted by Crippen LogP contribution is -2.04. The number of hydrogen-bond acceptors (Lipinski definition) is 1. The summed E-state index contributed by atoms with van der Waals surface area (Å²) in [6, 6.07) is 11.7. The van der Waals surface area contributed by atoms with Crippen molar-refractivity contribution in [2.75, 3.05) is 0 Å². The molecule has 0 bridgehead atoms. The molecule has 2 aromatic carbocycles. The van der Waals surface area contributed by atoms with Crippen LogP contribution >= 0.6 is 15.9 Å². The molecule has 18 heavy (non-hydrogen) atoms. The Morgan fingerprint density at radius 2 is 1.56 bits per heavy atom. The molecule has 0 spiro atoms. The van der Waals surface area contributed by atoms with Crippen molar-refractivity contribution in [2.24, 2.45) is 0 Å². The summed E-state index contributed by atoms with van der Waals surface area (Å²) in [5.74, 6) is 0.0896. The van der Waals surface area contributed by atoms with Crippen LogP contribution in [0.4, 0.5) is 0 Å². The summed E-state index contributed by atoms with van der Waals surface area (Å²) in [4.78, 5) is 12.5. The third kappa shape index (κ3) is 2.70. The summed E-state index contributed by atoms with van der Waals surface area (Å²) in [6.45, 7) is 5.98. The minimum absolute atomic E-state index is 0.0896. The van der Waals surface area contributed by atoms with Gasteiger partial charge in [0.2, 0.25) is 0 Å². The monoisotopic (exact) mass is 302 g/mol. The van der Waals surface area contributed by atoms with Crippen molar-refractivity contribution in [3.63, 3.8) is 0 Å². The van der Waals surface area contributed by atoms with E-state index in [2.05, 4.69) is 22.0 Å². The van der Waals surface area contributed by atoms with E-state index in [0.29, 0.717) is 0 Å². The Morgan fingerprint density at radius 1 is 0.944 bits per heavy atom. The normalized spacial score (nSPS) is 10.4. The van der Waals surface area contributed by atoms with Gasteiger partial charge in [-0.1, -0.05) is 33.1 Å². The maximum absolute atomic E-state index is 12.5. The standard InChI is InChI=1S/C16H15BrO/c1-10-6-11(2)8-13(7-10)16(18)15-5-4-14(17)9-12(15)3/h4-9H,1-3H3. The van der Waals surface area contributed by atoms with Gasteiger partial charge in [-0.3, -0.25) is 4.79 Å². The SMILES string of the molecule is Cc1cc(C)cc(C(=O)c2ccc(Br)cc2C)c1. The summed E-state index contributed by atoms with van der Waals surface area (Å²) < 4.78 is 0.997. The molecule has 0 aliphatic carbocycles. The molecule has 0 aromatic heterocycles. The Bertz CT molecular complexity index is 594. The maximum Gasteiger partial charge on any atom is 0.193 e. The fourth-order valence-electron chi connectivity index (χ4n) is 2.14. The van der Waals surface area contributed by atoms with Crippen LogP contribution in [0.2, 0.25) is 0 Å². The van der Waals surface area contributed by atoms with E-state index in [1.165, 1.54) is 0 Å². The zero-order valence-electron chi connectivity index (χ0n) is 10.8. The van der Waals surface area contributed by atoms with Crippen LogP contribution < -0.4 is 0 Å². The average molecular weight is 303 g/mol. The molecule has 2 heteroatoms. The quantitative estimate of drug-likeness (QED) is 0.741. The van der Waals surface area contributed by atoms with Gasteiger partial charge in [-0.25, -0.2) is 0 Å². The summed E-state index contributed by atoms with van der Waals surface area (Å²) in [6.07, 6.45) is 0. The van der Waals surface area contributed by atoms with E-state index in [9.17, 15) is 4.79 Å². The Morgan fingerprint density at radius 3 is 2.11 bits per heavy atom. The van der Waals surface area contributed by atoms with E-state index in [0.717, 1.165) is 32.3 Å². The van der Waals surface area contributed by atoms with E-state index in [-0.39, 0.29) is 5.78 Å². The molecular weight excluding hydrogens is 288 g/mol. The van der Waals surface area contributed by atoms with E-state index in [1.807, 2.05) is 51.1 Å². The molecule has 0 aliphatic rings. The van der Waals surface area contributed by atoms with Crippen LogP contribution in [0.5, 0.6) is 0 Å². The number of carbonyl (C=O) groups excluding carboxylic acids is 1.